The van der Waals surface area contributed by atoms with Gasteiger partial charge in [-0.2, -0.15) is 0 Å². The predicted molar refractivity (Wildman–Crippen MR) is 120 cm³/mol. The van der Waals surface area contributed by atoms with Gasteiger partial charge in [0, 0.05) is 19.6 Å². The molecule has 1 saturated heterocycles. The topological polar surface area (TPSA) is 62.3 Å². The van der Waals surface area contributed by atoms with Crippen molar-refractivity contribution in [1.29, 1.82) is 0 Å². The van der Waals surface area contributed by atoms with Crippen LogP contribution in [0.25, 0.3) is 10.2 Å². The summed E-state index contributed by atoms with van der Waals surface area (Å²) in [4.78, 5) is 7.50. The Morgan fingerprint density at radius 3 is 2.41 bits per heavy atom. The third-order valence-electron chi connectivity index (χ3n) is 5.60. The van der Waals surface area contributed by atoms with E-state index < -0.39 is 10.0 Å². The first-order chi connectivity index (χ1) is 13.8. The van der Waals surface area contributed by atoms with Crippen molar-refractivity contribution in [3.05, 3.63) is 53.1 Å². The van der Waals surface area contributed by atoms with E-state index in [2.05, 4.69) is 15.7 Å². The van der Waals surface area contributed by atoms with Crippen LogP contribution >= 0.6 is 11.3 Å². The maximum absolute atomic E-state index is 12.9. The predicted octanol–water partition coefficient (Wildman–Crippen LogP) is 4.42. The summed E-state index contributed by atoms with van der Waals surface area (Å²) in [6, 6.07) is 12.1. The van der Waals surface area contributed by atoms with Crippen LogP contribution in [0.3, 0.4) is 0 Å². The summed E-state index contributed by atoms with van der Waals surface area (Å²) in [6.07, 6.45) is 1.93. The second-order valence-corrected chi connectivity index (χ2v) is 10.7. The van der Waals surface area contributed by atoms with Gasteiger partial charge in [0.05, 0.1) is 15.1 Å². The molecular formula is C22H27N3O2S2. The first-order valence-corrected chi connectivity index (χ1v) is 12.3. The van der Waals surface area contributed by atoms with E-state index in [0.29, 0.717) is 17.4 Å². The van der Waals surface area contributed by atoms with E-state index in [9.17, 15) is 8.42 Å². The lowest BCUT2D eigenvalue weighted by Crippen LogP contribution is -2.38. The van der Waals surface area contributed by atoms with E-state index in [0.717, 1.165) is 53.3 Å². The Kier molecular flexibility index (Phi) is 5.64. The molecule has 0 aliphatic carbocycles. The highest BCUT2D eigenvalue weighted by molar-refractivity contribution is 7.89. The molecule has 1 fully saturated rings. The van der Waals surface area contributed by atoms with Gasteiger partial charge in [-0.3, -0.25) is 0 Å². The molecule has 1 aliphatic heterocycles. The molecule has 154 valence electrons. The number of aryl methyl sites for hydroxylation is 3. The van der Waals surface area contributed by atoms with Gasteiger partial charge in [-0.05, 0) is 62.8 Å². The first kappa shape index (κ1) is 20.3. The first-order valence-electron chi connectivity index (χ1n) is 10.0. The third-order valence-corrected chi connectivity index (χ3v) is 8.43. The molecule has 0 atom stereocenters. The monoisotopic (exact) mass is 429 g/mol. The average molecular weight is 430 g/mol. The standard InChI is InChI=1S/C22H27N3O2S2/c1-15-12-16(2)21(17(3)13-15)29(26,27)23-14-18-8-10-25(11-9-18)22-24-19-6-4-5-7-20(19)28-22/h4-7,12-13,18,23H,8-11,14H2,1-3H3. The Balaban J connectivity index is 1.37. The number of anilines is 1. The van der Waals surface area contributed by atoms with Gasteiger partial charge in [0.1, 0.15) is 0 Å². The molecular weight excluding hydrogens is 402 g/mol. The SMILES string of the molecule is Cc1cc(C)c(S(=O)(=O)NCC2CCN(c3nc4ccccc4s3)CC2)c(C)c1. The lowest BCUT2D eigenvalue weighted by Gasteiger charge is -2.31. The fourth-order valence-corrected chi connectivity index (χ4v) is 6.80. The van der Waals surface area contributed by atoms with Gasteiger partial charge < -0.3 is 4.90 Å². The Morgan fingerprint density at radius 1 is 1.10 bits per heavy atom. The Labute approximate surface area is 176 Å². The molecule has 3 aromatic rings. The minimum atomic E-state index is -3.49. The van der Waals surface area contributed by atoms with E-state index in [-0.39, 0.29) is 0 Å². The second-order valence-electron chi connectivity index (χ2n) is 7.97. The summed E-state index contributed by atoms with van der Waals surface area (Å²) >= 11 is 1.73. The van der Waals surface area contributed by atoms with Crippen LogP contribution in [0.1, 0.15) is 29.5 Å². The van der Waals surface area contributed by atoms with Crippen molar-refractivity contribution in [2.75, 3.05) is 24.5 Å². The number of nitrogens with one attached hydrogen (secondary N) is 1. The number of nitrogens with zero attached hydrogens (tertiary/aromatic N) is 2. The van der Waals surface area contributed by atoms with E-state index in [4.69, 9.17) is 4.98 Å². The van der Waals surface area contributed by atoms with Crippen molar-refractivity contribution in [1.82, 2.24) is 9.71 Å². The van der Waals surface area contributed by atoms with Crippen LogP contribution in [-0.2, 0) is 10.0 Å². The fourth-order valence-electron chi connectivity index (χ4n) is 4.21. The van der Waals surface area contributed by atoms with Crippen LogP contribution in [-0.4, -0.2) is 33.0 Å². The molecule has 1 N–H and O–H groups in total. The third kappa shape index (κ3) is 4.32. The van der Waals surface area contributed by atoms with E-state index in [1.54, 1.807) is 11.3 Å². The van der Waals surface area contributed by atoms with E-state index in [1.165, 1.54) is 4.70 Å². The molecule has 0 amide bonds. The maximum atomic E-state index is 12.9. The van der Waals surface area contributed by atoms with Gasteiger partial charge in [-0.25, -0.2) is 18.1 Å². The summed E-state index contributed by atoms with van der Waals surface area (Å²) in [5.74, 6) is 0.349. The number of hydrogen-bond acceptors (Lipinski definition) is 5. The van der Waals surface area contributed by atoms with Crippen LogP contribution in [0, 0.1) is 26.7 Å². The number of rotatable bonds is 5. The normalized spacial score (nSPS) is 15.9. The van der Waals surface area contributed by atoms with Gasteiger partial charge >= 0.3 is 0 Å². The highest BCUT2D eigenvalue weighted by Crippen LogP contribution is 2.31. The Hall–Kier alpha value is -1.96. The van der Waals surface area contributed by atoms with Crippen LogP contribution < -0.4 is 9.62 Å². The van der Waals surface area contributed by atoms with Gasteiger partial charge in [-0.1, -0.05) is 41.2 Å². The quantitative estimate of drug-likeness (QED) is 0.652. The smallest absolute Gasteiger partial charge is 0.241 e. The molecule has 0 radical (unpaired) electrons. The minimum absolute atomic E-state index is 0.349. The number of para-hydroxylation sites is 1. The number of benzene rings is 2. The highest BCUT2D eigenvalue weighted by atomic mass is 32.2. The number of fused-ring (bicyclic) bond motifs is 1. The minimum Gasteiger partial charge on any atom is -0.348 e. The Morgan fingerprint density at radius 2 is 1.76 bits per heavy atom. The fraction of sp³-hybridized carbons (Fsp3) is 0.409. The summed E-state index contributed by atoms with van der Waals surface area (Å²) < 4.78 is 29.8. The molecule has 1 aromatic heterocycles. The zero-order chi connectivity index (χ0) is 20.6. The van der Waals surface area contributed by atoms with Crippen LogP contribution in [0.5, 0.6) is 0 Å². The summed E-state index contributed by atoms with van der Waals surface area (Å²) in [5, 5.41) is 1.07. The number of aromatic nitrogens is 1. The number of piperidine rings is 1. The van der Waals surface area contributed by atoms with Gasteiger partial charge in [0.2, 0.25) is 10.0 Å². The molecule has 0 unspecified atom stereocenters. The molecule has 0 bridgehead atoms. The van der Waals surface area contributed by atoms with Gasteiger partial charge in [0.15, 0.2) is 5.13 Å². The van der Waals surface area contributed by atoms with Crippen molar-refractivity contribution in [3.8, 4) is 0 Å². The molecule has 29 heavy (non-hydrogen) atoms. The van der Waals surface area contributed by atoms with E-state index in [1.807, 2.05) is 51.1 Å². The number of sulfonamides is 1. The van der Waals surface area contributed by atoms with Crippen molar-refractivity contribution in [2.24, 2.45) is 5.92 Å². The molecule has 0 saturated carbocycles. The zero-order valence-electron chi connectivity index (χ0n) is 17.1. The van der Waals surface area contributed by atoms with Crippen molar-refractivity contribution in [3.63, 3.8) is 0 Å². The lowest BCUT2D eigenvalue weighted by molar-refractivity contribution is 0.402. The average Bonchev–Trinajstić information content (AvgIpc) is 3.10. The lowest BCUT2D eigenvalue weighted by atomic mass is 9.97. The second kappa shape index (κ2) is 8.05. The molecule has 4 rings (SSSR count). The van der Waals surface area contributed by atoms with Crippen molar-refractivity contribution >= 4 is 36.7 Å². The largest absolute Gasteiger partial charge is 0.348 e. The van der Waals surface area contributed by atoms with Gasteiger partial charge in [0.25, 0.3) is 0 Å². The van der Waals surface area contributed by atoms with Crippen LogP contribution in [0.2, 0.25) is 0 Å². The molecule has 7 heteroatoms. The number of thiazole rings is 1. The highest BCUT2D eigenvalue weighted by Gasteiger charge is 2.25. The van der Waals surface area contributed by atoms with Crippen LogP contribution in [0.4, 0.5) is 5.13 Å². The molecule has 5 nitrogen and oxygen atoms in total. The Bertz CT molecular complexity index is 1070. The maximum Gasteiger partial charge on any atom is 0.241 e. The molecule has 2 heterocycles. The molecule has 0 spiro atoms. The summed E-state index contributed by atoms with van der Waals surface area (Å²) in [7, 11) is -3.49. The number of hydrogen-bond donors (Lipinski definition) is 1. The summed E-state index contributed by atoms with van der Waals surface area (Å²) in [6.45, 7) is 8.03. The van der Waals surface area contributed by atoms with Gasteiger partial charge in [-0.15, -0.1) is 0 Å². The zero-order valence-corrected chi connectivity index (χ0v) is 18.7. The van der Waals surface area contributed by atoms with Crippen LogP contribution in [0.15, 0.2) is 41.3 Å². The summed E-state index contributed by atoms with van der Waals surface area (Å²) in [5.41, 5.74) is 3.74. The van der Waals surface area contributed by atoms with Crippen molar-refractivity contribution < 1.29 is 8.42 Å². The van der Waals surface area contributed by atoms with Crippen molar-refractivity contribution in [2.45, 2.75) is 38.5 Å². The van der Waals surface area contributed by atoms with E-state index >= 15 is 0 Å². The molecule has 2 aromatic carbocycles. The molecule has 1 aliphatic rings.